The van der Waals surface area contributed by atoms with Gasteiger partial charge in [-0.1, -0.05) is 48.5 Å². The Hall–Kier alpha value is -7.76. The maximum Gasteiger partial charge on any atom is 0.416 e. The summed E-state index contributed by atoms with van der Waals surface area (Å²) in [7, 11) is 2.59. The molecule has 0 spiro atoms. The van der Waals surface area contributed by atoms with Crippen molar-refractivity contribution in [2.24, 2.45) is 0 Å². The van der Waals surface area contributed by atoms with Crippen LogP contribution in [0.3, 0.4) is 0 Å². The molecule has 62 heavy (non-hydrogen) atoms. The molecule has 0 saturated carbocycles. The number of methoxy groups -OCH3 is 2. The Kier molecular flexibility index (Phi) is 12.9. The number of alkyl halides is 6. The van der Waals surface area contributed by atoms with Gasteiger partial charge in [-0.25, -0.2) is 14.6 Å². The van der Waals surface area contributed by atoms with Crippen LogP contribution in [0.2, 0.25) is 0 Å². The molecular formula is C44H36F6N6O6. The fourth-order valence-electron chi connectivity index (χ4n) is 6.23. The topological polar surface area (TPSA) is 156 Å². The van der Waals surface area contributed by atoms with Crippen LogP contribution in [-0.2, 0) is 12.4 Å². The number of aromatic nitrogens is 2. The van der Waals surface area contributed by atoms with Gasteiger partial charge >= 0.3 is 24.4 Å². The Morgan fingerprint density at radius 2 is 0.968 bits per heavy atom. The van der Waals surface area contributed by atoms with Gasteiger partial charge < -0.3 is 40.6 Å². The predicted octanol–water partition coefficient (Wildman–Crippen LogP) is 11.9. The highest BCUT2D eigenvalue weighted by molar-refractivity contribution is 6.09. The first-order valence-corrected chi connectivity index (χ1v) is 18.3. The van der Waals surface area contributed by atoms with Crippen LogP contribution < -0.4 is 35.5 Å². The second-order valence-electron chi connectivity index (χ2n) is 13.3. The number of amides is 4. The number of rotatable bonds is 8. The number of anilines is 4. The largest absolute Gasteiger partial charge is 0.507 e. The molecule has 0 aliphatic carbocycles. The summed E-state index contributed by atoms with van der Waals surface area (Å²) < 4.78 is 94.1. The molecule has 7 rings (SSSR count). The molecule has 0 bridgehead atoms. The number of phenols is 1. The van der Waals surface area contributed by atoms with Crippen LogP contribution in [0.1, 0.15) is 22.6 Å². The van der Waals surface area contributed by atoms with Crippen molar-refractivity contribution in [2.75, 3.05) is 35.5 Å². The van der Waals surface area contributed by atoms with E-state index in [0.717, 1.165) is 42.1 Å². The SMILES string of the molecule is COc1ccc(C(F)(F)F)cc1NC(=O)Nc1ccc(O)c2ccccc12.COc1ccc(C(F)(F)F)cc1NC(=O)Nc1ccc(Oc2cc(C)nc(C)n2)c2ccccc12. The highest BCUT2D eigenvalue weighted by Crippen LogP contribution is 2.38. The van der Waals surface area contributed by atoms with Crippen molar-refractivity contribution in [2.45, 2.75) is 26.2 Å². The molecule has 0 unspecified atom stereocenters. The van der Waals surface area contributed by atoms with E-state index >= 15 is 0 Å². The number of nitrogens with one attached hydrogen (secondary N) is 4. The summed E-state index contributed by atoms with van der Waals surface area (Å²) in [5.74, 6) is 1.71. The molecule has 1 heterocycles. The van der Waals surface area contributed by atoms with Crippen LogP contribution in [0.25, 0.3) is 21.5 Å². The number of carbonyl (C=O) groups excluding carboxylic acids is 2. The number of urea groups is 2. The summed E-state index contributed by atoms with van der Waals surface area (Å²) in [4.78, 5) is 33.5. The maximum absolute atomic E-state index is 13.1. The lowest BCUT2D eigenvalue weighted by molar-refractivity contribution is -0.138. The van der Waals surface area contributed by atoms with E-state index in [0.29, 0.717) is 50.4 Å². The van der Waals surface area contributed by atoms with Gasteiger partial charge in [0.1, 0.15) is 28.8 Å². The van der Waals surface area contributed by atoms with E-state index in [2.05, 4.69) is 31.2 Å². The van der Waals surface area contributed by atoms with E-state index in [4.69, 9.17) is 14.2 Å². The van der Waals surface area contributed by atoms with Crippen molar-refractivity contribution >= 4 is 56.4 Å². The van der Waals surface area contributed by atoms with E-state index in [1.165, 1.54) is 26.4 Å². The summed E-state index contributed by atoms with van der Waals surface area (Å²) in [6, 6.07) is 26.2. The van der Waals surface area contributed by atoms with Gasteiger partial charge in [0.2, 0.25) is 5.88 Å². The number of ether oxygens (including phenoxy) is 3. The molecule has 5 N–H and O–H groups in total. The smallest absolute Gasteiger partial charge is 0.416 e. The van der Waals surface area contributed by atoms with Gasteiger partial charge in [0.05, 0.1) is 48.1 Å². The fraction of sp³-hybridized carbons (Fsp3) is 0.136. The highest BCUT2D eigenvalue weighted by Gasteiger charge is 2.32. The minimum Gasteiger partial charge on any atom is -0.507 e. The highest BCUT2D eigenvalue weighted by atomic mass is 19.4. The predicted molar refractivity (Wildman–Crippen MR) is 222 cm³/mol. The van der Waals surface area contributed by atoms with Crippen molar-refractivity contribution in [3.8, 4) is 28.9 Å². The average Bonchev–Trinajstić information content (AvgIpc) is 3.22. The summed E-state index contributed by atoms with van der Waals surface area (Å²) in [6.45, 7) is 3.60. The van der Waals surface area contributed by atoms with E-state index < -0.39 is 35.5 Å². The number of fused-ring (bicyclic) bond motifs is 2. The Morgan fingerprint density at radius 3 is 1.45 bits per heavy atom. The molecule has 0 fully saturated rings. The maximum atomic E-state index is 13.1. The molecule has 0 aliphatic heterocycles. The molecular weight excluding hydrogens is 823 g/mol. The molecule has 6 aromatic carbocycles. The minimum atomic E-state index is -4.56. The number of hydrogen-bond acceptors (Lipinski definition) is 8. The van der Waals surface area contributed by atoms with E-state index in [9.17, 15) is 41.0 Å². The number of hydrogen-bond donors (Lipinski definition) is 5. The zero-order valence-electron chi connectivity index (χ0n) is 33.1. The van der Waals surface area contributed by atoms with Gasteiger partial charge in [0.15, 0.2) is 0 Å². The van der Waals surface area contributed by atoms with Crippen LogP contribution in [0.4, 0.5) is 58.7 Å². The third-order valence-electron chi connectivity index (χ3n) is 8.99. The summed E-state index contributed by atoms with van der Waals surface area (Å²) in [6.07, 6.45) is -9.11. The van der Waals surface area contributed by atoms with E-state index in [1.54, 1.807) is 61.5 Å². The number of phenolic OH excluding ortho intramolecular Hbond substituents is 1. The van der Waals surface area contributed by atoms with Crippen molar-refractivity contribution in [1.82, 2.24) is 9.97 Å². The van der Waals surface area contributed by atoms with Gasteiger partial charge in [-0.15, -0.1) is 0 Å². The first kappa shape index (κ1) is 43.8. The zero-order valence-corrected chi connectivity index (χ0v) is 33.1. The normalized spacial score (nSPS) is 11.3. The van der Waals surface area contributed by atoms with Crippen molar-refractivity contribution in [3.63, 3.8) is 0 Å². The number of carbonyl (C=O) groups is 2. The average molecular weight is 859 g/mol. The quantitative estimate of drug-likeness (QED) is 0.0747. The molecule has 0 radical (unpaired) electrons. The van der Waals surface area contributed by atoms with E-state index in [-0.39, 0.29) is 28.6 Å². The monoisotopic (exact) mass is 858 g/mol. The number of aryl methyl sites for hydroxylation is 2. The molecule has 0 aliphatic rings. The molecule has 320 valence electrons. The van der Waals surface area contributed by atoms with Gasteiger partial charge in [-0.2, -0.15) is 31.3 Å². The van der Waals surface area contributed by atoms with Crippen LogP contribution >= 0.6 is 0 Å². The Labute approximate surface area is 349 Å². The molecule has 7 aromatic rings. The standard InChI is InChI=1S/C25H21F3N4O3.C19H15F3N2O3/c1-14-12-23(30-15(2)29-14)35-21-11-9-19(17-6-4-5-7-18(17)21)31-24(33)32-20-13-16(25(26,27)28)8-10-22(20)34-3;1-27-17-9-6-11(19(20,21)22)10-15(17)24-18(26)23-14-7-8-16(25)13-5-3-2-4-12(13)14/h4-13H,1-3H3,(H2,31,32,33);2-10,25H,1H3,(H2,23,24,26). The van der Waals surface area contributed by atoms with E-state index in [1.807, 2.05) is 19.1 Å². The fourth-order valence-corrected chi connectivity index (χ4v) is 6.23. The summed E-state index contributed by atoms with van der Waals surface area (Å²) >= 11 is 0. The molecule has 4 amide bonds. The lowest BCUT2D eigenvalue weighted by atomic mass is 10.1. The van der Waals surface area contributed by atoms with Crippen molar-refractivity contribution in [1.29, 1.82) is 0 Å². The Bertz CT molecular complexity index is 2760. The number of halogens is 6. The third-order valence-corrected chi connectivity index (χ3v) is 8.99. The second-order valence-corrected chi connectivity index (χ2v) is 13.3. The molecule has 12 nitrogen and oxygen atoms in total. The van der Waals surface area contributed by atoms with Crippen LogP contribution in [0, 0.1) is 13.8 Å². The van der Waals surface area contributed by atoms with Gasteiger partial charge in [0.25, 0.3) is 0 Å². The van der Waals surface area contributed by atoms with Crippen LogP contribution in [0.5, 0.6) is 28.9 Å². The molecule has 0 atom stereocenters. The molecule has 18 heteroatoms. The van der Waals surface area contributed by atoms with Gasteiger partial charge in [-0.05, 0) is 74.5 Å². The summed E-state index contributed by atoms with van der Waals surface area (Å²) in [5.41, 5.74) is -0.453. The Balaban J connectivity index is 0.000000214. The lowest BCUT2D eigenvalue weighted by Crippen LogP contribution is -2.20. The van der Waals surface area contributed by atoms with Crippen LogP contribution in [-0.4, -0.2) is 41.4 Å². The van der Waals surface area contributed by atoms with Crippen molar-refractivity contribution in [3.05, 3.63) is 138 Å². The third kappa shape index (κ3) is 10.5. The van der Waals surface area contributed by atoms with Crippen molar-refractivity contribution < 1.29 is 55.2 Å². The molecule has 0 saturated heterocycles. The number of aromatic hydroxyl groups is 1. The zero-order chi connectivity index (χ0) is 44.8. The first-order valence-electron chi connectivity index (χ1n) is 18.3. The van der Waals surface area contributed by atoms with Gasteiger partial charge in [-0.3, -0.25) is 0 Å². The first-order chi connectivity index (χ1) is 29.4. The Morgan fingerprint density at radius 1 is 0.532 bits per heavy atom. The second kappa shape index (κ2) is 18.2. The summed E-state index contributed by atoms with van der Waals surface area (Å²) in [5, 5.41) is 22.4. The molecule has 1 aromatic heterocycles. The van der Waals surface area contributed by atoms with Crippen LogP contribution in [0.15, 0.2) is 115 Å². The minimum absolute atomic E-state index is 0.0519. The van der Waals surface area contributed by atoms with Gasteiger partial charge in [0, 0.05) is 33.3 Å². The lowest BCUT2D eigenvalue weighted by Gasteiger charge is -2.16. The number of benzene rings is 6. The number of nitrogens with zero attached hydrogens (tertiary/aromatic N) is 2.